The largest absolute Gasteiger partial charge is 0.391 e. The molecule has 0 bridgehead atoms. The van der Waals surface area contributed by atoms with E-state index in [1.54, 1.807) is 0 Å². The van der Waals surface area contributed by atoms with Crippen molar-refractivity contribution in [3.63, 3.8) is 0 Å². The lowest BCUT2D eigenvalue weighted by Crippen LogP contribution is -2.31. The number of amides is 2. The molecule has 5 heteroatoms. The normalized spacial score (nSPS) is 11.9. The van der Waals surface area contributed by atoms with Crippen LogP contribution in [0.3, 0.4) is 0 Å². The number of carbonyl (C=O) groups excluding carboxylic acids is 2. The van der Waals surface area contributed by atoms with Gasteiger partial charge < -0.3 is 15.7 Å². The van der Waals surface area contributed by atoms with Gasteiger partial charge in [-0.25, -0.2) is 0 Å². The molecule has 0 heterocycles. The van der Waals surface area contributed by atoms with Crippen LogP contribution in [0.15, 0.2) is 0 Å². The van der Waals surface area contributed by atoms with E-state index < -0.39 is 6.10 Å². The summed E-state index contributed by atoms with van der Waals surface area (Å²) in [5.74, 6) is -0.0340. The van der Waals surface area contributed by atoms with Crippen molar-refractivity contribution in [2.45, 2.75) is 52.1 Å². The Bertz CT molecular complexity index is 232. The van der Waals surface area contributed by atoms with Crippen molar-refractivity contribution in [1.82, 2.24) is 10.6 Å². The first kappa shape index (κ1) is 15.9. The van der Waals surface area contributed by atoms with Crippen LogP contribution in [-0.4, -0.2) is 36.1 Å². The predicted molar refractivity (Wildman–Crippen MR) is 66.5 cm³/mol. The first-order chi connectivity index (χ1) is 8.06. The number of aliphatic hydroxyl groups is 1. The molecule has 100 valence electrons. The van der Waals surface area contributed by atoms with Crippen LogP contribution in [0.25, 0.3) is 0 Å². The van der Waals surface area contributed by atoms with Crippen molar-refractivity contribution >= 4 is 11.8 Å². The van der Waals surface area contributed by atoms with E-state index >= 15 is 0 Å². The molecule has 0 aliphatic heterocycles. The van der Waals surface area contributed by atoms with Crippen molar-refractivity contribution in [3.05, 3.63) is 0 Å². The smallest absolute Gasteiger partial charge is 0.220 e. The third kappa shape index (κ3) is 11.2. The van der Waals surface area contributed by atoms with E-state index in [0.29, 0.717) is 25.9 Å². The molecular formula is C12H24N2O3. The monoisotopic (exact) mass is 244 g/mol. The summed E-state index contributed by atoms with van der Waals surface area (Å²) in [5, 5.41) is 14.6. The Kier molecular flexibility index (Phi) is 9.43. The molecule has 0 saturated heterocycles. The SMILES string of the molecule is CCC(O)CNC(=O)CCCCCNC(C)=O. The first-order valence-electron chi connectivity index (χ1n) is 6.25. The molecule has 0 aromatic carbocycles. The van der Waals surface area contributed by atoms with E-state index in [1.807, 2.05) is 6.92 Å². The van der Waals surface area contributed by atoms with Crippen molar-refractivity contribution < 1.29 is 14.7 Å². The van der Waals surface area contributed by atoms with E-state index in [2.05, 4.69) is 10.6 Å². The number of hydrogen-bond acceptors (Lipinski definition) is 3. The second-order valence-electron chi connectivity index (χ2n) is 4.16. The Balaban J connectivity index is 3.30. The van der Waals surface area contributed by atoms with Gasteiger partial charge in [0.05, 0.1) is 6.10 Å². The standard InChI is InChI=1S/C12H24N2O3/c1-3-11(16)9-14-12(17)7-5-4-6-8-13-10(2)15/h11,16H,3-9H2,1-2H3,(H,13,15)(H,14,17). The van der Waals surface area contributed by atoms with Crippen LogP contribution in [0.5, 0.6) is 0 Å². The second-order valence-corrected chi connectivity index (χ2v) is 4.16. The van der Waals surface area contributed by atoms with Crippen LogP contribution in [-0.2, 0) is 9.59 Å². The summed E-state index contributed by atoms with van der Waals surface area (Å²) >= 11 is 0. The molecular weight excluding hydrogens is 220 g/mol. The quantitative estimate of drug-likeness (QED) is 0.519. The molecule has 0 aromatic heterocycles. The summed E-state index contributed by atoms with van der Waals surface area (Å²) in [6.45, 7) is 4.37. The molecule has 3 N–H and O–H groups in total. The van der Waals surface area contributed by atoms with Crippen molar-refractivity contribution in [2.75, 3.05) is 13.1 Å². The number of carbonyl (C=O) groups is 2. The van der Waals surface area contributed by atoms with E-state index in [-0.39, 0.29) is 11.8 Å². The summed E-state index contributed by atoms with van der Waals surface area (Å²) in [6.07, 6.45) is 3.31. The van der Waals surface area contributed by atoms with Gasteiger partial charge in [-0.2, -0.15) is 0 Å². The average molecular weight is 244 g/mol. The minimum atomic E-state index is -0.446. The lowest BCUT2D eigenvalue weighted by Gasteiger charge is -2.09. The van der Waals surface area contributed by atoms with Gasteiger partial charge >= 0.3 is 0 Å². The first-order valence-corrected chi connectivity index (χ1v) is 6.25. The van der Waals surface area contributed by atoms with Gasteiger partial charge in [-0.05, 0) is 19.3 Å². The van der Waals surface area contributed by atoms with E-state index in [9.17, 15) is 14.7 Å². The van der Waals surface area contributed by atoms with E-state index in [0.717, 1.165) is 19.3 Å². The third-order valence-corrected chi connectivity index (χ3v) is 2.46. The molecule has 17 heavy (non-hydrogen) atoms. The number of unbranched alkanes of at least 4 members (excludes halogenated alkanes) is 2. The zero-order valence-electron chi connectivity index (χ0n) is 10.8. The number of hydrogen-bond donors (Lipinski definition) is 3. The molecule has 5 nitrogen and oxygen atoms in total. The molecule has 2 amide bonds. The minimum absolute atomic E-state index is 0.0166. The van der Waals surface area contributed by atoms with Gasteiger partial charge in [0.25, 0.3) is 0 Å². The lowest BCUT2D eigenvalue weighted by atomic mass is 10.2. The highest BCUT2D eigenvalue weighted by atomic mass is 16.3. The molecule has 1 unspecified atom stereocenters. The predicted octanol–water partition coefficient (Wildman–Crippen LogP) is 0.570. The van der Waals surface area contributed by atoms with Crippen molar-refractivity contribution in [3.8, 4) is 0 Å². The van der Waals surface area contributed by atoms with Crippen LogP contribution in [0.4, 0.5) is 0 Å². The molecule has 0 rings (SSSR count). The maximum Gasteiger partial charge on any atom is 0.220 e. The molecule has 0 radical (unpaired) electrons. The highest BCUT2D eigenvalue weighted by Gasteiger charge is 2.04. The molecule has 0 spiro atoms. The van der Waals surface area contributed by atoms with E-state index in [4.69, 9.17) is 0 Å². The zero-order valence-corrected chi connectivity index (χ0v) is 10.8. The van der Waals surface area contributed by atoms with Crippen LogP contribution in [0.1, 0.15) is 46.0 Å². The molecule has 0 saturated carbocycles. The second kappa shape index (κ2) is 10.1. The molecule has 0 aliphatic carbocycles. The molecule has 0 aromatic rings. The molecule has 0 aliphatic rings. The Hall–Kier alpha value is -1.10. The Labute approximate surface area is 103 Å². The fourth-order valence-electron chi connectivity index (χ4n) is 1.32. The minimum Gasteiger partial charge on any atom is -0.391 e. The third-order valence-electron chi connectivity index (χ3n) is 2.46. The summed E-state index contributed by atoms with van der Waals surface area (Å²) in [7, 11) is 0. The molecule has 0 fully saturated rings. The average Bonchev–Trinajstić information content (AvgIpc) is 2.30. The van der Waals surface area contributed by atoms with Gasteiger partial charge in [0.2, 0.25) is 11.8 Å². The zero-order chi connectivity index (χ0) is 13.1. The fourth-order valence-corrected chi connectivity index (χ4v) is 1.32. The van der Waals surface area contributed by atoms with Gasteiger partial charge in [-0.3, -0.25) is 9.59 Å². The van der Waals surface area contributed by atoms with Crippen LogP contribution in [0, 0.1) is 0 Å². The Morgan fingerprint density at radius 2 is 1.88 bits per heavy atom. The van der Waals surface area contributed by atoms with Gasteiger partial charge in [0.15, 0.2) is 0 Å². The van der Waals surface area contributed by atoms with Crippen LogP contribution >= 0.6 is 0 Å². The summed E-state index contributed by atoms with van der Waals surface area (Å²) in [5.41, 5.74) is 0. The van der Waals surface area contributed by atoms with Gasteiger partial charge in [0.1, 0.15) is 0 Å². The lowest BCUT2D eigenvalue weighted by molar-refractivity contribution is -0.122. The number of nitrogens with one attached hydrogen (secondary N) is 2. The van der Waals surface area contributed by atoms with Gasteiger partial charge in [-0.15, -0.1) is 0 Å². The van der Waals surface area contributed by atoms with Gasteiger partial charge in [-0.1, -0.05) is 13.3 Å². The maximum atomic E-state index is 11.3. The number of rotatable bonds is 9. The maximum absolute atomic E-state index is 11.3. The Morgan fingerprint density at radius 1 is 1.18 bits per heavy atom. The van der Waals surface area contributed by atoms with Gasteiger partial charge in [0, 0.05) is 26.4 Å². The van der Waals surface area contributed by atoms with E-state index in [1.165, 1.54) is 6.92 Å². The van der Waals surface area contributed by atoms with Crippen LogP contribution < -0.4 is 10.6 Å². The molecule has 1 atom stereocenters. The van der Waals surface area contributed by atoms with Crippen molar-refractivity contribution in [2.24, 2.45) is 0 Å². The summed E-state index contributed by atoms with van der Waals surface area (Å²) < 4.78 is 0. The Morgan fingerprint density at radius 3 is 2.47 bits per heavy atom. The number of aliphatic hydroxyl groups excluding tert-OH is 1. The van der Waals surface area contributed by atoms with Crippen LogP contribution in [0.2, 0.25) is 0 Å². The highest BCUT2D eigenvalue weighted by molar-refractivity contribution is 5.75. The summed E-state index contributed by atoms with van der Waals surface area (Å²) in [4.78, 5) is 21.9. The summed E-state index contributed by atoms with van der Waals surface area (Å²) in [6, 6.07) is 0. The highest BCUT2D eigenvalue weighted by Crippen LogP contribution is 1.99. The fraction of sp³-hybridized carbons (Fsp3) is 0.833. The topological polar surface area (TPSA) is 78.4 Å². The van der Waals surface area contributed by atoms with Crippen molar-refractivity contribution in [1.29, 1.82) is 0 Å².